The van der Waals surface area contributed by atoms with Gasteiger partial charge in [-0.05, 0) is 42.8 Å². The molecule has 0 spiro atoms. The number of hydrogen-bond donors (Lipinski definition) is 1. The van der Waals surface area contributed by atoms with Crippen molar-refractivity contribution in [1.29, 1.82) is 0 Å². The Bertz CT molecular complexity index is 856. The number of rotatable bonds is 7. The molecule has 7 nitrogen and oxygen atoms in total. The molecule has 0 aromatic heterocycles. The van der Waals surface area contributed by atoms with Crippen LogP contribution in [0.3, 0.4) is 0 Å². The Morgan fingerprint density at radius 1 is 1.07 bits per heavy atom. The monoisotopic (exact) mass is 388 g/mol. The van der Waals surface area contributed by atoms with Crippen LogP contribution in [0.4, 0.5) is 14.9 Å². The molecule has 0 fully saturated rings. The maximum Gasteiger partial charge on any atom is 0.411 e. The van der Waals surface area contributed by atoms with Crippen LogP contribution >= 0.6 is 0 Å². The number of carbonyl (C=O) groups is 3. The van der Waals surface area contributed by atoms with Gasteiger partial charge in [-0.3, -0.25) is 10.1 Å². The topological polar surface area (TPSA) is 84.9 Å². The smallest absolute Gasteiger partial charge is 0.411 e. The Balaban J connectivity index is 1.88. The molecule has 2 amide bonds. The highest BCUT2D eigenvalue weighted by Crippen LogP contribution is 2.12. The molecule has 0 aliphatic rings. The fourth-order valence-corrected chi connectivity index (χ4v) is 2.33. The lowest BCUT2D eigenvalue weighted by atomic mass is 10.2. The van der Waals surface area contributed by atoms with Crippen molar-refractivity contribution in [3.8, 4) is 0 Å². The van der Waals surface area contributed by atoms with E-state index in [-0.39, 0.29) is 24.5 Å². The minimum absolute atomic E-state index is 0.176. The number of ether oxygens (including phenoxy) is 2. The van der Waals surface area contributed by atoms with Gasteiger partial charge >= 0.3 is 12.1 Å². The van der Waals surface area contributed by atoms with Crippen molar-refractivity contribution in [1.82, 2.24) is 4.90 Å². The molecule has 0 bridgehead atoms. The van der Waals surface area contributed by atoms with Crippen LogP contribution in [0.2, 0.25) is 0 Å². The largest absolute Gasteiger partial charge is 0.452 e. The first-order valence-electron chi connectivity index (χ1n) is 8.58. The van der Waals surface area contributed by atoms with Gasteiger partial charge in [0.1, 0.15) is 5.82 Å². The van der Waals surface area contributed by atoms with E-state index in [1.165, 1.54) is 36.2 Å². The highest BCUT2D eigenvalue weighted by atomic mass is 19.1. The number of hydrogen-bond acceptors (Lipinski definition) is 5. The summed E-state index contributed by atoms with van der Waals surface area (Å²) in [7, 11) is 1.53. The average Bonchev–Trinajstić information content (AvgIpc) is 2.66. The standard InChI is InChI=1S/C20H21FN2O5/c1-3-27-20(26)22-17-9-5-7-15(11-17)19(25)28-13-18(24)23(2)12-14-6-4-8-16(21)10-14/h4-11H,3,12-13H2,1-2H3,(H,22,26). The molecule has 0 saturated carbocycles. The van der Waals surface area contributed by atoms with Gasteiger partial charge in [-0.25, -0.2) is 14.0 Å². The van der Waals surface area contributed by atoms with Crippen molar-refractivity contribution in [2.45, 2.75) is 13.5 Å². The maximum atomic E-state index is 13.2. The number of amides is 2. The average molecular weight is 388 g/mol. The number of esters is 1. The predicted molar refractivity (Wildman–Crippen MR) is 100 cm³/mol. The molecule has 28 heavy (non-hydrogen) atoms. The van der Waals surface area contributed by atoms with Gasteiger partial charge in [0.25, 0.3) is 5.91 Å². The maximum absolute atomic E-state index is 13.2. The summed E-state index contributed by atoms with van der Waals surface area (Å²) in [5.41, 5.74) is 1.16. The van der Waals surface area contributed by atoms with Crippen LogP contribution in [0.1, 0.15) is 22.8 Å². The molecule has 1 N–H and O–H groups in total. The van der Waals surface area contributed by atoms with Gasteiger partial charge in [0.15, 0.2) is 6.61 Å². The van der Waals surface area contributed by atoms with Crippen LogP contribution in [0.25, 0.3) is 0 Å². The summed E-state index contributed by atoms with van der Waals surface area (Å²) >= 11 is 0. The second-order valence-electron chi connectivity index (χ2n) is 5.88. The summed E-state index contributed by atoms with van der Waals surface area (Å²) in [6.07, 6.45) is -0.637. The lowest BCUT2D eigenvalue weighted by Gasteiger charge is -2.17. The second kappa shape index (κ2) is 10.1. The number of nitrogens with zero attached hydrogens (tertiary/aromatic N) is 1. The zero-order valence-corrected chi connectivity index (χ0v) is 15.6. The van der Waals surface area contributed by atoms with Gasteiger partial charge in [0.05, 0.1) is 12.2 Å². The number of likely N-dealkylation sites (N-methyl/N-ethyl adjacent to an activating group) is 1. The van der Waals surface area contributed by atoms with E-state index in [9.17, 15) is 18.8 Å². The number of halogens is 1. The second-order valence-corrected chi connectivity index (χ2v) is 5.88. The van der Waals surface area contributed by atoms with E-state index in [4.69, 9.17) is 9.47 Å². The van der Waals surface area contributed by atoms with Crippen LogP contribution in [0, 0.1) is 5.82 Å². The molecule has 8 heteroatoms. The Hall–Kier alpha value is -3.42. The van der Waals surface area contributed by atoms with Gasteiger partial charge in [-0.2, -0.15) is 0 Å². The third kappa shape index (κ3) is 6.39. The van der Waals surface area contributed by atoms with E-state index < -0.39 is 24.6 Å². The lowest BCUT2D eigenvalue weighted by Crippen LogP contribution is -2.30. The Labute approximate surface area is 162 Å². The van der Waals surface area contributed by atoms with E-state index in [0.717, 1.165) is 0 Å². The van der Waals surface area contributed by atoms with Crippen LogP contribution in [0.5, 0.6) is 0 Å². The molecule has 148 valence electrons. The van der Waals surface area contributed by atoms with Crippen LogP contribution in [-0.4, -0.2) is 43.1 Å². The zero-order valence-electron chi connectivity index (χ0n) is 15.6. The third-order valence-electron chi connectivity index (χ3n) is 3.68. The molecule has 2 rings (SSSR count). The summed E-state index contributed by atoms with van der Waals surface area (Å²) in [4.78, 5) is 37.1. The van der Waals surface area contributed by atoms with Crippen molar-refractivity contribution in [3.05, 3.63) is 65.5 Å². The lowest BCUT2D eigenvalue weighted by molar-refractivity contribution is -0.133. The molecule has 0 aliphatic heterocycles. The van der Waals surface area contributed by atoms with E-state index in [1.54, 1.807) is 31.2 Å². The molecule has 2 aromatic carbocycles. The summed E-state index contributed by atoms with van der Waals surface area (Å²) in [5.74, 6) is -1.53. The van der Waals surface area contributed by atoms with Crippen molar-refractivity contribution in [2.24, 2.45) is 0 Å². The molecule has 0 saturated heterocycles. The molecule has 0 unspecified atom stereocenters. The predicted octanol–water partition coefficient (Wildman–Crippen LogP) is 3.21. The highest BCUT2D eigenvalue weighted by molar-refractivity contribution is 5.93. The van der Waals surface area contributed by atoms with Crippen LogP contribution in [-0.2, 0) is 20.8 Å². The molecule has 0 atom stereocenters. The zero-order chi connectivity index (χ0) is 20.5. The molecule has 2 aromatic rings. The van der Waals surface area contributed by atoms with E-state index in [0.29, 0.717) is 11.3 Å². The van der Waals surface area contributed by atoms with E-state index in [2.05, 4.69) is 5.32 Å². The summed E-state index contributed by atoms with van der Waals surface area (Å²) in [6, 6.07) is 12.0. The first-order valence-corrected chi connectivity index (χ1v) is 8.58. The van der Waals surface area contributed by atoms with Crippen molar-refractivity contribution in [2.75, 3.05) is 25.6 Å². The Morgan fingerprint density at radius 2 is 1.82 bits per heavy atom. The number of benzene rings is 2. The summed E-state index contributed by atoms with van der Waals surface area (Å²) in [5, 5.41) is 2.48. The van der Waals surface area contributed by atoms with Gasteiger partial charge in [-0.1, -0.05) is 18.2 Å². The Morgan fingerprint density at radius 3 is 2.54 bits per heavy atom. The molecular weight excluding hydrogens is 367 g/mol. The molecule has 0 aliphatic carbocycles. The minimum atomic E-state index is -0.708. The number of carbonyl (C=O) groups excluding carboxylic acids is 3. The third-order valence-corrected chi connectivity index (χ3v) is 3.68. The Kier molecular flexibility index (Phi) is 7.50. The van der Waals surface area contributed by atoms with Crippen LogP contribution < -0.4 is 5.32 Å². The fourth-order valence-electron chi connectivity index (χ4n) is 2.33. The number of anilines is 1. The van der Waals surface area contributed by atoms with Gasteiger partial charge in [0.2, 0.25) is 0 Å². The van der Waals surface area contributed by atoms with Crippen molar-refractivity contribution >= 4 is 23.7 Å². The highest BCUT2D eigenvalue weighted by Gasteiger charge is 2.15. The van der Waals surface area contributed by atoms with Gasteiger partial charge < -0.3 is 14.4 Å². The van der Waals surface area contributed by atoms with Gasteiger partial charge in [-0.15, -0.1) is 0 Å². The quantitative estimate of drug-likeness (QED) is 0.737. The molecular formula is C20H21FN2O5. The van der Waals surface area contributed by atoms with Gasteiger partial charge in [0, 0.05) is 19.3 Å². The van der Waals surface area contributed by atoms with Crippen LogP contribution in [0.15, 0.2) is 48.5 Å². The van der Waals surface area contributed by atoms with E-state index in [1.807, 2.05) is 0 Å². The summed E-state index contributed by atoms with van der Waals surface area (Å²) in [6.45, 7) is 1.63. The molecule has 0 heterocycles. The van der Waals surface area contributed by atoms with Crippen molar-refractivity contribution < 1.29 is 28.2 Å². The fraction of sp³-hybridized carbons (Fsp3) is 0.250. The van der Waals surface area contributed by atoms with E-state index >= 15 is 0 Å². The summed E-state index contributed by atoms with van der Waals surface area (Å²) < 4.78 is 23.0. The number of nitrogens with one attached hydrogen (secondary N) is 1. The van der Waals surface area contributed by atoms with Crippen molar-refractivity contribution in [3.63, 3.8) is 0 Å². The first-order chi connectivity index (χ1) is 13.4. The molecule has 0 radical (unpaired) electrons. The first kappa shape index (κ1) is 20.9. The minimum Gasteiger partial charge on any atom is -0.452 e. The normalized spacial score (nSPS) is 10.1. The SMILES string of the molecule is CCOC(=O)Nc1cccc(C(=O)OCC(=O)N(C)Cc2cccc(F)c2)c1.